The predicted octanol–water partition coefficient (Wildman–Crippen LogP) is 2.30. The number of hydrogen-bond donors (Lipinski definition) is 0. The van der Waals surface area contributed by atoms with Gasteiger partial charge in [-0.15, -0.1) is 0 Å². The van der Waals surface area contributed by atoms with Crippen LogP contribution < -0.4 is 4.90 Å². The molecule has 2 heterocycles. The third-order valence-corrected chi connectivity index (χ3v) is 4.70. The van der Waals surface area contributed by atoms with Gasteiger partial charge in [-0.05, 0) is 44.9 Å². The second-order valence-corrected chi connectivity index (χ2v) is 7.23. The van der Waals surface area contributed by atoms with Gasteiger partial charge in [0.05, 0.1) is 13.1 Å². The first kappa shape index (κ1) is 17.8. The molecule has 1 aromatic carbocycles. The number of alkyl halides is 1. The quantitative estimate of drug-likeness (QED) is 0.821. The Hall–Kier alpha value is -2.02. The number of ether oxygens (including phenoxy) is 1. The predicted molar refractivity (Wildman–Crippen MR) is 88.4 cm³/mol. The van der Waals surface area contributed by atoms with Gasteiger partial charge in [0, 0.05) is 12.2 Å². The van der Waals surface area contributed by atoms with Crippen molar-refractivity contribution in [2.75, 3.05) is 31.1 Å². The summed E-state index contributed by atoms with van der Waals surface area (Å²) in [5.41, 5.74) is -2.24. The second-order valence-electron chi connectivity index (χ2n) is 7.23. The van der Waals surface area contributed by atoms with E-state index >= 15 is 0 Å². The monoisotopic (exact) mass is 352 g/mol. The van der Waals surface area contributed by atoms with E-state index in [4.69, 9.17) is 4.74 Å². The van der Waals surface area contributed by atoms with Crippen LogP contribution in [0.25, 0.3) is 0 Å². The van der Waals surface area contributed by atoms with Gasteiger partial charge < -0.3 is 14.5 Å². The lowest BCUT2D eigenvalue weighted by molar-refractivity contribution is -0.159. The van der Waals surface area contributed by atoms with Gasteiger partial charge >= 0.3 is 0 Å². The molecule has 5 nitrogen and oxygen atoms in total. The topological polar surface area (TPSA) is 49.9 Å². The summed E-state index contributed by atoms with van der Waals surface area (Å²) in [5, 5.41) is 0. The first-order valence-electron chi connectivity index (χ1n) is 8.38. The summed E-state index contributed by atoms with van der Waals surface area (Å²) in [4.78, 5) is 27.5. The van der Waals surface area contributed by atoms with Crippen LogP contribution in [0.2, 0.25) is 0 Å². The number of carbonyl (C=O) groups excluding carboxylic acids is 2. The normalized spacial score (nSPS) is 24.7. The average Bonchev–Trinajstić information content (AvgIpc) is 2.56. The number of benzene rings is 1. The fourth-order valence-electron chi connectivity index (χ4n) is 3.49. The van der Waals surface area contributed by atoms with Gasteiger partial charge in [-0.1, -0.05) is 6.07 Å². The molecule has 136 valence electrons. The van der Waals surface area contributed by atoms with Crippen LogP contribution in [0.5, 0.6) is 0 Å². The molecular weight excluding hydrogens is 330 g/mol. The summed E-state index contributed by atoms with van der Waals surface area (Å²) in [6.45, 7) is 3.23. The summed E-state index contributed by atoms with van der Waals surface area (Å²) in [5.74, 6) is -1.26. The molecular formula is C18H22F2N2O3. The van der Waals surface area contributed by atoms with Gasteiger partial charge in [0.1, 0.15) is 18.0 Å². The first-order valence-corrected chi connectivity index (χ1v) is 8.38. The molecule has 1 spiro atoms. The van der Waals surface area contributed by atoms with Crippen molar-refractivity contribution in [1.82, 2.24) is 4.90 Å². The third kappa shape index (κ3) is 3.66. The van der Waals surface area contributed by atoms with Gasteiger partial charge in [-0.2, -0.15) is 0 Å². The lowest BCUT2D eigenvalue weighted by Crippen LogP contribution is -2.63. The fraction of sp³-hybridized carbons (Fsp3) is 0.556. The zero-order valence-corrected chi connectivity index (χ0v) is 14.4. The highest BCUT2D eigenvalue weighted by atomic mass is 19.1. The molecule has 0 bridgehead atoms. The van der Waals surface area contributed by atoms with Gasteiger partial charge in [0.2, 0.25) is 0 Å². The van der Waals surface area contributed by atoms with E-state index in [9.17, 15) is 18.4 Å². The van der Waals surface area contributed by atoms with Crippen LogP contribution in [0.4, 0.5) is 14.5 Å². The molecule has 7 heteroatoms. The summed E-state index contributed by atoms with van der Waals surface area (Å²) in [6.07, 6.45) is 1.32. The zero-order valence-electron chi connectivity index (χ0n) is 14.4. The van der Waals surface area contributed by atoms with E-state index < -0.39 is 23.0 Å². The van der Waals surface area contributed by atoms with E-state index in [-0.39, 0.29) is 25.6 Å². The Morgan fingerprint density at radius 3 is 2.76 bits per heavy atom. The molecule has 2 amide bonds. The standard InChI is InChI=1S/C18H22F2N2O3/c1-17(2,20)16(24)21-8-4-7-18(11-21)12-22(15(23)10-25-18)14-6-3-5-13(19)9-14/h3,5-6,9H,4,7-8,10-12H2,1-2H3. The molecule has 25 heavy (non-hydrogen) atoms. The highest BCUT2D eigenvalue weighted by Crippen LogP contribution is 2.33. The van der Waals surface area contributed by atoms with Crippen LogP contribution in [-0.2, 0) is 14.3 Å². The summed E-state index contributed by atoms with van der Waals surface area (Å²) >= 11 is 0. The summed E-state index contributed by atoms with van der Waals surface area (Å²) in [6, 6.07) is 5.82. The van der Waals surface area contributed by atoms with Crippen LogP contribution >= 0.6 is 0 Å². The molecule has 0 saturated carbocycles. The Kier molecular flexibility index (Phi) is 4.53. The molecule has 1 unspecified atom stereocenters. The second kappa shape index (κ2) is 6.37. The van der Waals surface area contributed by atoms with Gasteiger partial charge in [-0.3, -0.25) is 9.59 Å². The summed E-state index contributed by atoms with van der Waals surface area (Å²) < 4.78 is 33.3. The Balaban J connectivity index is 1.82. The van der Waals surface area contributed by atoms with E-state index in [1.165, 1.54) is 35.8 Å². The van der Waals surface area contributed by atoms with Crippen LogP contribution in [0.3, 0.4) is 0 Å². The van der Waals surface area contributed by atoms with Gasteiger partial charge in [0.15, 0.2) is 5.67 Å². The maximum Gasteiger partial charge on any atom is 0.259 e. The number of rotatable bonds is 2. The van der Waals surface area contributed by atoms with E-state index in [1.807, 2.05) is 0 Å². The van der Waals surface area contributed by atoms with Crippen molar-refractivity contribution in [3.8, 4) is 0 Å². The van der Waals surface area contributed by atoms with E-state index in [1.54, 1.807) is 12.1 Å². The number of amides is 2. The van der Waals surface area contributed by atoms with Crippen molar-refractivity contribution < 1.29 is 23.1 Å². The number of anilines is 1. The largest absolute Gasteiger partial charge is 0.361 e. The van der Waals surface area contributed by atoms with Crippen molar-refractivity contribution >= 4 is 17.5 Å². The number of carbonyl (C=O) groups is 2. The molecule has 0 N–H and O–H groups in total. The molecule has 0 aromatic heterocycles. The van der Waals surface area contributed by atoms with Crippen molar-refractivity contribution in [3.63, 3.8) is 0 Å². The number of piperidine rings is 1. The van der Waals surface area contributed by atoms with Crippen LogP contribution in [0, 0.1) is 5.82 Å². The number of nitrogens with zero attached hydrogens (tertiary/aromatic N) is 2. The van der Waals surface area contributed by atoms with E-state index in [0.717, 1.165) is 0 Å². The number of likely N-dealkylation sites (tertiary alicyclic amines) is 1. The number of morpholine rings is 1. The highest BCUT2D eigenvalue weighted by molar-refractivity contribution is 5.95. The molecule has 2 fully saturated rings. The minimum atomic E-state index is -1.95. The maximum absolute atomic E-state index is 14.0. The average molecular weight is 352 g/mol. The van der Waals surface area contributed by atoms with Crippen LogP contribution in [0.15, 0.2) is 24.3 Å². The Morgan fingerprint density at radius 1 is 1.32 bits per heavy atom. The van der Waals surface area contributed by atoms with Gasteiger partial charge in [0.25, 0.3) is 11.8 Å². The molecule has 1 aromatic rings. The molecule has 1 atom stereocenters. The summed E-state index contributed by atoms with van der Waals surface area (Å²) in [7, 11) is 0. The molecule has 2 saturated heterocycles. The van der Waals surface area contributed by atoms with Crippen molar-refractivity contribution in [2.24, 2.45) is 0 Å². The van der Waals surface area contributed by atoms with Crippen LogP contribution in [0.1, 0.15) is 26.7 Å². The van der Waals surface area contributed by atoms with Crippen LogP contribution in [-0.4, -0.2) is 54.2 Å². The van der Waals surface area contributed by atoms with Crippen molar-refractivity contribution in [2.45, 2.75) is 38.0 Å². The minimum Gasteiger partial charge on any atom is -0.361 e. The Bertz CT molecular complexity index is 689. The fourth-order valence-corrected chi connectivity index (χ4v) is 3.49. The molecule has 2 aliphatic heterocycles. The molecule has 2 aliphatic rings. The smallest absolute Gasteiger partial charge is 0.259 e. The molecule has 0 radical (unpaired) electrons. The lowest BCUT2D eigenvalue weighted by Gasteiger charge is -2.48. The SMILES string of the molecule is CC(C)(F)C(=O)N1CCCC2(C1)CN(c1cccc(F)c1)C(=O)CO2. The van der Waals surface area contributed by atoms with E-state index in [0.29, 0.717) is 25.1 Å². The third-order valence-electron chi connectivity index (χ3n) is 4.70. The number of halogens is 2. The highest BCUT2D eigenvalue weighted by Gasteiger charge is 2.46. The maximum atomic E-state index is 14.0. The first-order chi connectivity index (χ1) is 11.7. The van der Waals surface area contributed by atoms with Crippen molar-refractivity contribution in [1.29, 1.82) is 0 Å². The van der Waals surface area contributed by atoms with Gasteiger partial charge in [-0.25, -0.2) is 8.78 Å². The number of hydrogen-bond acceptors (Lipinski definition) is 3. The Morgan fingerprint density at radius 2 is 2.08 bits per heavy atom. The molecule has 3 rings (SSSR count). The minimum absolute atomic E-state index is 0.141. The van der Waals surface area contributed by atoms with Crippen molar-refractivity contribution in [3.05, 3.63) is 30.1 Å². The Labute approximate surface area is 145 Å². The molecule has 0 aliphatic carbocycles. The lowest BCUT2D eigenvalue weighted by atomic mass is 9.89. The van der Waals surface area contributed by atoms with E-state index in [2.05, 4.69) is 0 Å². The zero-order chi connectivity index (χ0) is 18.2.